The van der Waals surface area contributed by atoms with Gasteiger partial charge >= 0.3 is 12.1 Å². The normalized spacial score (nSPS) is 14.2. The summed E-state index contributed by atoms with van der Waals surface area (Å²) in [5.74, 6) is -1.20. The van der Waals surface area contributed by atoms with E-state index in [9.17, 15) is 19.6 Å². The van der Waals surface area contributed by atoms with E-state index in [1.165, 1.54) is 15.9 Å². The second kappa shape index (κ2) is 11.2. The molecule has 2 rings (SSSR count). The van der Waals surface area contributed by atoms with Crippen molar-refractivity contribution < 1.29 is 23.9 Å². The number of hydrogen-bond acceptors (Lipinski definition) is 6. The molecule has 0 radical (unpaired) electrons. The van der Waals surface area contributed by atoms with E-state index in [4.69, 9.17) is 9.47 Å². The summed E-state index contributed by atoms with van der Waals surface area (Å²) in [5, 5.41) is 9.40. The number of amides is 2. The molecular weight excluding hydrogens is 400 g/mol. The van der Waals surface area contributed by atoms with Gasteiger partial charge in [0.1, 0.15) is 11.6 Å². The second-order valence-corrected chi connectivity index (χ2v) is 7.29. The highest BCUT2D eigenvalue weighted by Crippen LogP contribution is 2.19. The Hall–Kier alpha value is -3.28. The van der Waals surface area contributed by atoms with Gasteiger partial charge < -0.3 is 23.8 Å². The van der Waals surface area contributed by atoms with Crippen molar-refractivity contribution in [2.45, 2.75) is 40.7 Å². The standard InChI is InChI=1S/C22H30N4O5/c1-5-7-26-16(3)12-18(17(26)4)13-19(14-23)21(28)31-15-20(27)24-8-10-25(11-9-24)22(29)30-6-2/h12-13H,5-11,15H2,1-4H3/b19-13-. The minimum Gasteiger partial charge on any atom is -0.451 e. The number of esters is 1. The molecule has 0 N–H and O–H groups in total. The van der Waals surface area contributed by atoms with Gasteiger partial charge in [0.25, 0.3) is 5.91 Å². The number of nitrogens with zero attached hydrogens (tertiary/aromatic N) is 4. The summed E-state index contributed by atoms with van der Waals surface area (Å²) in [7, 11) is 0. The fourth-order valence-electron chi connectivity index (χ4n) is 3.48. The number of nitriles is 1. The average molecular weight is 431 g/mol. The highest BCUT2D eigenvalue weighted by atomic mass is 16.6. The third-order valence-corrected chi connectivity index (χ3v) is 5.19. The van der Waals surface area contributed by atoms with Crippen LogP contribution in [0.2, 0.25) is 0 Å². The van der Waals surface area contributed by atoms with Crippen molar-refractivity contribution in [2.24, 2.45) is 0 Å². The topological polar surface area (TPSA) is 105 Å². The average Bonchev–Trinajstić information content (AvgIpc) is 3.03. The van der Waals surface area contributed by atoms with Gasteiger partial charge in [0.2, 0.25) is 0 Å². The first kappa shape index (κ1) is 24.0. The Balaban J connectivity index is 1.93. The summed E-state index contributed by atoms with van der Waals surface area (Å²) in [6, 6.07) is 3.79. The molecule has 0 bridgehead atoms. The molecule has 0 unspecified atom stereocenters. The molecule has 1 aromatic rings. The third-order valence-electron chi connectivity index (χ3n) is 5.19. The van der Waals surface area contributed by atoms with Crippen LogP contribution in [0.25, 0.3) is 6.08 Å². The number of ether oxygens (including phenoxy) is 2. The van der Waals surface area contributed by atoms with Gasteiger partial charge in [0.15, 0.2) is 6.61 Å². The van der Waals surface area contributed by atoms with Gasteiger partial charge in [0, 0.05) is 44.1 Å². The van der Waals surface area contributed by atoms with Crippen LogP contribution in [0.15, 0.2) is 11.6 Å². The quantitative estimate of drug-likeness (QED) is 0.373. The molecule has 0 aliphatic carbocycles. The first-order chi connectivity index (χ1) is 14.8. The van der Waals surface area contributed by atoms with Crippen LogP contribution in [0.5, 0.6) is 0 Å². The fraction of sp³-hybridized carbons (Fsp3) is 0.545. The van der Waals surface area contributed by atoms with Crippen LogP contribution in [0, 0.1) is 25.2 Å². The molecule has 0 spiro atoms. The SMILES string of the molecule is CCCn1c(C)cc(/C=C(/C#N)C(=O)OCC(=O)N2CCN(C(=O)OCC)CC2)c1C. The van der Waals surface area contributed by atoms with Crippen LogP contribution in [0.4, 0.5) is 4.79 Å². The van der Waals surface area contributed by atoms with Crippen LogP contribution in [0.3, 0.4) is 0 Å². The van der Waals surface area contributed by atoms with E-state index >= 15 is 0 Å². The van der Waals surface area contributed by atoms with Crippen molar-refractivity contribution in [1.29, 1.82) is 5.26 Å². The van der Waals surface area contributed by atoms with Crippen molar-refractivity contribution in [3.05, 3.63) is 28.6 Å². The Morgan fingerprint density at radius 1 is 1.10 bits per heavy atom. The lowest BCUT2D eigenvalue weighted by Crippen LogP contribution is -2.51. The minimum absolute atomic E-state index is 0.156. The number of carbonyl (C=O) groups is 3. The molecule has 1 fully saturated rings. The Morgan fingerprint density at radius 2 is 1.74 bits per heavy atom. The number of piperazine rings is 1. The zero-order valence-electron chi connectivity index (χ0n) is 18.6. The van der Waals surface area contributed by atoms with Gasteiger partial charge in [-0.25, -0.2) is 9.59 Å². The summed E-state index contributed by atoms with van der Waals surface area (Å²) in [5.41, 5.74) is 2.64. The monoisotopic (exact) mass is 430 g/mol. The number of aromatic nitrogens is 1. The van der Waals surface area contributed by atoms with Crippen LogP contribution in [-0.4, -0.2) is 71.7 Å². The maximum Gasteiger partial charge on any atom is 0.409 e. The number of hydrogen-bond donors (Lipinski definition) is 0. The lowest BCUT2D eigenvalue weighted by atomic mass is 10.1. The van der Waals surface area contributed by atoms with Gasteiger partial charge in [-0.05, 0) is 44.9 Å². The van der Waals surface area contributed by atoms with Crippen molar-refractivity contribution >= 4 is 24.0 Å². The zero-order chi connectivity index (χ0) is 23.0. The maximum atomic E-state index is 12.4. The second-order valence-electron chi connectivity index (χ2n) is 7.29. The van der Waals surface area contributed by atoms with E-state index in [0.717, 1.165) is 29.9 Å². The van der Waals surface area contributed by atoms with E-state index in [-0.39, 0.29) is 11.5 Å². The molecular formula is C22H30N4O5. The Labute approximate surface area is 182 Å². The predicted octanol–water partition coefficient (Wildman–Crippen LogP) is 2.27. The smallest absolute Gasteiger partial charge is 0.409 e. The van der Waals surface area contributed by atoms with E-state index in [2.05, 4.69) is 11.5 Å². The van der Waals surface area contributed by atoms with Crippen LogP contribution < -0.4 is 0 Å². The van der Waals surface area contributed by atoms with Gasteiger partial charge in [-0.15, -0.1) is 0 Å². The molecule has 0 saturated carbocycles. The number of rotatable bonds is 7. The Morgan fingerprint density at radius 3 is 2.32 bits per heavy atom. The first-order valence-electron chi connectivity index (χ1n) is 10.5. The number of carbonyl (C=O) groups excluding carboxylic acids is 3. The number of aryl methyl sites for hydroxylation is 1. The van der Waals surface area contributed by atoms with Crippen molar-refractivity contribution in [3.63, 3.8) is 0 Å². The van der Waals surface area contributed by atoms with Crippen molar-refractivity contribution in [1.82, 2.24) is 14.4 Å². The summed E-state index contributed by atoms with van der Waals surface area (Å²) in [6.45, 7) is 9.81. The van der Waals surface area contributed by atoms with E-state index in [1.54, 1.807) is 6.92 Å². The minimum atomic E-state index is -0.832. The van der Waals surface area contributed by atoms with Gasteiger partial charge in [-0.3, -0.25) is 4.79 Å². The molecule has 9 heteroatoms. The summed E-state index contributed by atoms with van der Waals surface area (Å²) in [4.78, 5) is 39.5. The highest BCUT2D eigenvalue weighted by molar-refractivity contribution is 5.99. The summed E-state index contributed by atoms with van der Waals surface area (Å²) >= 11 is 0. The maximum absolute atomic E-state index is 12.4. The van der Waals surface area contributed by atoms with E-state index in [0.29, 0.717) is 32.8 Å². The molecule has 2 amide bonds. The Kier molecular flexibility index (Phi) is 8.67. The molecule has 1 aliphatic heterocycles. The largest absolute Gasteiger partial charge is 0.451 e. The van der Waals surface area contributed by atoms with Gasteiger partial charge in [0.05, 0.1) is 6.61 Å². The lowest BCUT2D eigenvalue weighted by Gasteiger charge is -2.33. The molecule has 2 heterocycles. The molecule has 1 aromatic heterocycles. The molecule has 168 valence electrons. The van der Waals surface area contributed by atoms with Crippen LogP contribution in [-0.2, 0) is 25.6 Å². The molecule has 9 nitrogen and oxygen atoms in total. The molecule has 31 heavy (non-hydrogen) atoms. The van der Waals surface area contributed by atoms with Crippen molar-refractivity contribution in [3.8, 4) is 6.07 Å². The van der Waals surface area contributed by atoms with Crippen molar-refractivity contribution in [2.75, 3.05) is 39.4 Å². The predicted molar refractivity (Wildman–Crippen MR) is 114 cm³/mol. The Bertz CT molecular complexity index is 888. The molecule has 0 atom stereocenters. The van der Waals surface area contributed by atoms with E-state index < -0.39 is 18.7 Å². The summed E-state index contributed by atoms with van der Waals surface area (Å²) < 4.78 is 12.2. The van der Waals surface area contributed by atoms with Crippen LogP contribution >= 0.6 is 0 Å². The third kappa shape index (κ3) is 6.10. The lowest BCUT2D eigenvalue weighted by molar-refractivity contribution is -0.149. The van der Waals surface area contributed by atoms with Crippen LogP contribution in [0.1, 0.15) is 37.2 Å². The van der Waals surface area contributed by atoms with Gasteiger partial charge in [-0.2, -0.15) is 5.26 Å². The summed E-state index contributed by atoms with van der Waals surface area (Å²) in [6.07, 6.45) is 2.07. The zero-order valence-corrected chi connectivity index (χ0v) is 18.6. The fourth-order valence-corrected chi connectivity index (χ4v) is 3.48. The first-order valence-corrected chi connectivity index (χ1v) is 10.5. The molecule has 1 saturated heterocycles. The molecule has 0 aromatic carbocycles. The molecule has 1 aliphatic rings. The van der Waals surface area contributed by atoms with E-state index in [1.807, 2.05) is 26.0 Å². The van der Waals surface area contributed by atoms with Gasteiger partial charge in [-0.1, -0.05) is 6.92 Å². The highest BCUT2D eigenvalue weighted by Gasteiger charge is 2.25.